The van der Waals surface area contributed by atoms with Crippen molar-refractivity contribution in [3.05, 3.63) is 47.3 Å². The Bertz CT molecular complexity index is 589. The second-order valence-electron chi connectivity index (χ2n) is 3.69. The summed E-state index contributed by atoms with van der Waals surface area (Å²) in [5, 5.41) is 19.7. The molecule has 1 heterocycles. The topological polar surface area (TPSA) is 90.4 Å². The Morgan fingerprint density at radius 2 is 2.28 bits per heavy atom. The number of phenols is 1. The number of carbonyl (C=O) groups excluding carboxylic acids is 1. The predicted octanol–water partition coefficient (Wildman–Crippen LogP) is 1.19. The Morgan fingerprint density at radius 1 is 1.50 bits per heavy atom. The fourth-order valence-corrected chi connectivity index (χ4v) is 1.35. The second-order valence-corrected chi connectivity index (χ2v) is 3.69. The fraction of sp³-hybridized carbons (Fsp3) is 0.0833. The SMILES string of the molecule is Cc1cc(C(=O)NN=Cc2ccccc2O)n[nH]1. The van der Waals surface area contributed by atoms with Crippen molar-refractivity contribution < 1.29 is 9.90 Å². The van der Waals surface area contributed by atoms with E-state index in [1.54, 1.807) is 37.3 Å². The highest BCUT2D eigenvalue weighted by molar-refractivity contribution is 5.93. The first-order chi connectivity index (χ1) is 8.66. The van der Waals surface area contributed by atoms with Gasteiger partial charge in [-0.1, -0.05) is 12.1 Å². The zero-order valence-electron chi connectivity index (χ0n) is 9.71. The van der Waals surface area contributed by atoms with Crippen LogP contribution in [0.25, 0.3) is 0 Å². The summed E-state index contributed by atoms with van der Waals surface area (Å²) in [7, 11) is 0. The molecule has 6 nitrogen and oxygen atoms in total. The number of benzene rings is 1. The van der Waals surface area contributed by atoms with Crippen LogP contribution in [0, 0.1) is 6.92 Å². The molecule has 2 rings (SSSR count). The number of hydrogen-bond acceptors (Lipinski definition) is 4. The maximum Gasteiger partial charge on any atom is 0.291 e. The van der Waals surface area contributed by atoms with Crippen LogP contribution in [0.2, 0.25) is 0 Å². The Kier molecular flexibility index (Phi) is 3.38. The average Bonchev–Trinajstić information content (AvgIpc) is 2.78. The minimum atomic E-state index is -0.411. The summed E-state index contributed by atoms with van der Waals surface area (Å²) in [5.74, 6) is -0.308. The summed E-state index contributed by atoms with van der Waals surface area (Å²) >= 11 is 0. The van der Waals surface area contributed by atoms with Gasteiger partial charge < -0.3 is 5.11 Å². The monoisotopic (exact) mass is 244 g/mol. The summed E-state index contributed by atoms with van der Waals surface area (Å²) in [6.45, 7) is 1.80. The van der Waals surface area contributed by atoms with Gasteiger partial charge in [-0.15, -0.1) is 0 Å². The summed E-state index contributed by atoms with van der Waals surface area (Å²) in [6, 6.07) is 8.31. The number of H-pyrrole nitrogens is 1. The molecule has 0 spiro atoms. The molecule has 2 aromatic rings. The van der Waals surface area contributed by atoms with Crippen molar-refractivity contribution in [3.63, 3.8) is 0 Å². The number of hydrazone groups is 1. The van der Waals surface area contributed by atoms with Gasteiger partial charge in [0.15, 0.2) is 5.69 Å². The fourth-order valence-electron chi connectivity index (χ4n) is 1.35. The van der Waals surface area contributed by atoms with Crippen molar-refractivity contribution in [1.82, 2.24) is 15.6 Å². The number of carbonyl (C=O) groups is 1. The van der Waals surface area contributed by atoms with Crippen LogP contribution in [0.15, 0.2) is 35.4 Å². The Hall–Kier alpha value is -2.63. The smallest absolute Gasteiger partial charge is 0.291 e. The van der Waals surface area contributed by atoms with Gasteiger partial charge in [-0.25, -0.2) is 5.43 Å². The van der Waals surface area contributed by atoms with Crippen LogP contribution in [-0.4, -0.2) is 27.4 Å². The van der Waals surface area contributed by atoms with Crippen LogP contribution in [0.3, 0.4) is 0 Å². The number of nitrogens with zero attached hydrogens (tertiary/aromatic N) is 2. The van der Waals surface area contributed by atoms with Crippen molar-refractivity contribution in [1.29, 1.82) is 0 Å². The Labute approximate surface area is 103 Å². The number of aromatic amines is 1. The van der Waals surface area contributed by atoms with E-state index in [-0.39, 0.29) is 11.4 Å². The number of para-hydroxylation sites is 1. The molecule has 0 saturated carbocycles. The molecular formula is C12H12N4O2. The lowest BCUT2D eigenvalue weighted by Crippen LogP contribution is -2.18. The van der Waals surface area contributed by atoms with Gasteiger partial charge in [0, 0.05) is 11.3 Å². The van der Waals surface area contributed by atoms with Gasteiger partial charge in [0.2, 0.25) is 0 Å². The Morgan fingerprint density at radius 3 is 2.94 bits per heavy atom. The maximum atomic E-state index is 11.6. The highest BCUT2D eigenvalue weighted by Gasteiger charge is 2.07. The van der Waals surface area contributed by atoms with Gasteiger partial charge in [-0.3, -0.25) is 9.89 Å². The highest BCUT2D eigenvalue weighted by atomic mass is 16.3. The standard InChI is InChI=1S/C12H12N4O2/c1-8-6-10(15-14-8)12(18)16-13-7-9-4-2-3-5-11(9)17/h2-7,17H,1H3,(H,14,15)(H,16,18). The minimum absolute atomic E-state index is 0.103. The molecule has 1 aromatic heterocycles. The van der Waals surface area contributed by atoms with E-state index in [1.165, 1.54) is 6.21 Å². The zero-order valence-corrected chi connectivity index (χ0v) is 9.71. The van der Waals surface area contributed by atoms with Crippen LogP contribution >= 0.6 is 0 Å². The maximum absolute atomic E-state index is 11.6. The molecule has 18 heavy (non-hydrogen) atoms. The van der Waals surface area contributed by atoms with Crippen molar-refractivity contribution >= 4 is 12.1 Å². The zero-order chi connectivity index (χ0) is 13.0. The van der Waals surface area contributed by atoms with Crippen LogP contribution in [0.1, 0.15) is 21.7 Å². The number of hydrogen-bond donors (Lipinski definition) is 3. The van der Waals surface area contributed by atoms with E-state index >= 15 is 0 Å². The molecule has 0 aliphatic rings. The van der Waals surface area contributed by atoms with Crippen LogP contribution in [0.5, 0.6) is 5.75 Å². The van der Waals surface area contributed by atoms with Crippen molar-refractivity contribution in [3.8, 4) is 5.75 Å². The number of rotatable bonds is 3. The molecule has 0 aliphatic carbocycles. The summed E-state index contributed by atoms with van der Waals surface area (Å²) in [5.41, 5.74) is 3.91. The number of aryl methyl sites for hydroxylation is 1. The van der Waals surface area contributed by atoms with Crippen molar-refractivity contribution in [2.24, 2.45) is 5.10 Å². The first-order valence-corrected chi connectivity index (χ1v) is 5.30. The molecule has 0 bridgehead atoms. The lowest BCUT2D eigenvalue weighted by molar-refractivity contribution is 0.0950. The third kappa shape index (κ3) is 2.73. The van der Waals surface area contributed by atoms with Crippen molar-refractivity contribution in [2.45, 2.75) is 6.92 Å². The average molecular weight is 244 g/mol. The van der Waals surface area contributed by atoms with E-state index in [9.17, 15) is 9.90 Å². The largest absolute Gasteiger partial charge is 0.507 e. The first kappa shape index (κ1) is 11.8. The molecule has 0 fully saturated rings. The first-order valence-electron chi connectivity index (χ1n) is 5.30. The predicted molar refractivity (Wildman–Crippen MR) is 66.5 cm³/mol. The molecule has 1 aromatic carbocycles. The number of nitrogens with one attached hydrogen (secondary N) is 2. The molecule has 0 saturated heterocycles. The summed E-state index contributed by atoms with van der Waals surface area (Å²) in [4.78, 5) is 11.6. The lowest BCUT2D eigenvalue weighted by Gasteiger charge is -1.97. The number of aromatic nitrogens is 2. The van der Waals surface area contributed by atoms with Gasteiger partial charge in [0.05, 0.1) is 6.21 Å². The highest BCUT2D eigenvalue weighted by Crippen LogP contribution is 2.12. The molecule has 0 unspecified atom stereocenters. The summed E-state index contributed by atoms with van der Waals surface area (Å²) in [6.07, 6.45) is 1.37. The van der Waals surface area contributed by atoms with E-state index in [2.05, 4.69) is 20.7 Å². The molecule has 0 radical (unpaired) electrons. The van der Waals surface area contributed by atoms with Crippen molar-refractivity contribution in [2.75, 3.05) is 0 Å². The molecule has 3 N–H and O–H groups in total. The van der Waals surface area contributed by atoms with E-state index in [4.69, 9.17) is 0 Å². The van der Waals surface area contributed by atoms with E-state index < -0.39 is 5.91 Å². The van der Waals surface area contributed by atoms with E-state index in [0.717, 1.165) is 5.69 Å². The molecule has 92 valence electrons. The van der Waals surface area contributed by atoms with Gasteiger partial charge in [0.25, 0.3) is 5.91 Å². The lowest BCUT2D eigenvalue weighted by atomic mass is 10.2. The summed E-state index contributed by atoms with van der Waals surface area (Å²) < 4.78 is 0. The number of phenolic OH excluding ortho intramolecular Hbond substituents is 1. The van der Waals surface area contributed by atoms with Gasteiger partial charge in [-0.2, -0.15) is 10.2 Å². The van der Waals surface area contributed by atoms with Gasteiger partial charge in [0.1, 0.15) is 5.75 Å². The van der Waals surface area contributed by atoms with E-state index in [0.29, 0.717) is 5.56 Å². The Balaban J connectivity index is 2.00. The third-order valence-electron chi connectivity index (χ3n) is 2.25. The van der Waals surface area contributed by atoms with Crippen LogP contribution in [0.4, 0.5) is 0 Å². The van der Waals surface area contributed by atoms with Crippen LogP contribution < -0.4 is 5.43 Å². The van der Waals surface area contributed by atoms with E-state index in [1.807, 2.05) is 0 Å². The van der Waals surface area contributed by atoms with Gasteiger partial charge in [-0.05, 0) is 25.1 Å². The number of amides is 1. The van der Waals surface area contributed by atoms with Gasteiger partial charge >= 0.3 is 0 Å². The molecule has 1 amide bonds. The molecule has 0 aliphatic heterocycles. The molecule has 6 heteroatoms. The minimum Gasteiger partial charge on any atom is -0.507 e. The second kappa shape index (κ2) is 5.13. The molecule has 0 atom stereocenters. The third-order valence-corrected chi connectivity index (χ3v) is 2.25. The quantitative estimate of drug-likeness (QED) is 0.559. The molecular weight excluding hydrogens is 232 g/mol. The normalized spacial score (nSPS) is 10.7. The van der Waals surface area contributed by atoms with Crippen LogP contribution in [-0.2, 0) is 0 Å². The number of aromatic hydroxyl groups is 1.